The van der Waals surface area contributed by atoms with E-state index in [1.54, 1.807) is 6.92 Å². The first-order valence-electron chi connectivity index (χ1n) is 3.97. The van der Waals surface area contributed by atoms with Gasteiger partial charge in [0.1, 0.15) is 0 Å². The first kappa shape index (κ1) is 8.51. The molecule has 3 heteroatoms. The van der Waals surface area contributed by atoms with E-state index in [9.17, 15) is 4.79 Å². The van der Waals surface area contributed by atoms with Gasteiger partial charge in [-0.3, -0.25) is 4.79 Å². The molecule has 0 fully saturated rings. The van der Waals surface area contributed by atoms with Crippen molar-refractivity contribution in [1.29, 1.82) is 0 Å². The number of halogens is 1. The Hall–Kier alpha value is -1.09. The number of carbonyl (C=O) groups is 1. The lowest BCUT2D eigenvalue weighted by molar-refractivity contribution is 0.101. The van der Waals surface area contributed by atoms with Crippen LogP contribution in [-0.4, -0.2) is 10.8 Å². The van der Waals surface area contributed by atoms with Gasteiger partial charge in [0.25, 0.3) is 0 Å². The second kappa shape index (κ2) is 3.00. The first-order valence-corrected chi connectivity index (χ1v) is 4.76. The second-order valence-electron chi connectivity index (χ2n) is 2.92. The van der Waals surface area contributed by atoms with E-state index in [0.717, 1.165) is 21.1 Å². The Kier molecular flexibility index (Phi) is 1.96. The number of carbonyl (C=O) groups excluding carboxylic acids is 1. The molecular weight excluding hydrogens is 230 g/mol. The van der Waals surface area contributed by atoms with Gasteiger partial charge in [0.2, 0.25) is 0 Å². The molecular formula is C10H8BrNO. The standard InChI is InChI=1S/C10H8BrNO/c1-6(13)9-7-4-2-3-5-8(7)12-10(9)11/h2-5,12H,1H3. The highest BCUT2D eigenvalue weighted by molar-refractivity contribution is 9.10. The number of rotatable bonds is 1. The summed E-state index contributed by atoms with van der Waals surface area (Å²) in [5.74, 6) is 0.0734. The van der Waals surface area contributed by atoms with Crippen molar-refractivity contribution in [3.8, 4) is 0 Å². The zero-order chi connectivity index (χ0) is 9.42. The van der Waals surface area contributed by atoms with Gasteiger partial charge in [0.15, 0.2) is 5.78 Å². The Bertz CT molecular complexity index is 473. The number of Topliss-reactive ketones (excluding diaryl/α,β-unsaturated/α-hetero) is 1. The Morgan fingerprint density at radius 3 is 2.77 bits per heavy atom. The van der Waals surface area contributed by atoms with E-state index < -0.39 is 0 Å². The quantitative estimate of drug-likeness (QED) is 0.760. The summed E-state index contributed by atoms with van der Waals surface area (Å²) in [6.07, 6.45) is 0. The molecule has 0 amide bonds. The van der Waals surface area contributed by atoms with Gasteiger partial charge in [-0.25, -0.2) is 0 Å². The molecule has 0 atom stereocenters. The molecule has 1 aromatic heterocycles. The fourth-order valence-electron chi connectivity index (χ4n) is 1.45. The summed E-state index contributed by atoms with van der Waals surface area (Å²) in [4.78, 5) is 14.4. The van der Waals surface area contributed by atoms with Crippen molar-refractivity contribution in [1.82, 2.24) is 4.98 Å². The fraction of sp³-hybridized carbons (Fsp3) is 0.100. The topological polar surface area (TPSA) is 32.9 Å². The minimum Gasteiger partial charge on any atom is -0.349 e. The molecule has 0 spiro atoms. The summed E-state index contributed by atoms with van der Waals surface area (Å²) in [7, 11) is 0. The van der Waals surface area contributed by atoms with E-state index in [1.165, 1.54) is 0 Å². The van der Waals surface area contributed by atoms with Crippen LogP contribution in [0.2, 0.25) is 0 Å². The van der Waals surface area contributed by atoms with Crippen molar-refractivity contribution in [2.75, 3.05) is 0 Å². The maximum Gasteiger partial charge on any atom is 0.163 e. The monoisotopic (exact) mass is 237 g/mol. The molecule has 0 saturated carbocycles. The third-order valence-electron chi connectivity index (χ3n) is 2.01. The average Bonchev–Trinajstić information content (AvgIpc) is 2.39. The number of ketones is 1. The first-order chi connectivity index (χ1) is 6.20. The molecule has 0 aliphatic carbocycles. The van der Waals surface area contributed by atoms with Crippen LogP contribution in [0.25, 0.3) is 10.9 Å². The highest BCUT2D eigenvalue weighted by Gasteiger charge is 2.11. The van der Waals surface area contributed by atoms with Gasteiger partial charge in [-0.15, -0.1) is 0 Å². The third kappa shape index (κ3) is 1.29. The predicted molar refractivity (Wildman–Crippen MR) is 56.0 cm³/mol. The molecule has 0 bridgehead atoms. The van der Waals surface area contributed by atoms with Gasteiger partial charge >= 0.3 is 0 Å². The largest absolute Gasteiger partial charge is 0.349 e. The van der Waals surface area contributed by atoms with Crippen molar-refractivity contribution < 1.29 is 4.79 Å². The molecule has 0 aliphatic rings. The number of benzene rings is 1. The summed E-state index contributed by atoms with van der Waals surface area (Å²) in [5.41, 5.74) is 1.72. The number of fused-ring (bicyclic) bond motifs is 1. The number of aromatic nitrogens is 1. The molecule has 0 radical (unpaired) electrons. The summed E-state index contributed by atoms with van der Waals surface area (Å²) < 4.78 is 0.765. The number of hydrogen-bond donors (Lipinski definition) is 1. The van der Waals surface area contributed by atoms with Gasteiger partial charge in [-0.05, 0) is 28.9 Å². The van der Waals surface area contributed by atoms with Crippen LogP contribution >= 0.6 is 15.9 Å². The normalized spacial score (nSPS) is 10.6. The molecule has 1 N–H and O–H groups in total. The van der Waals surface area contributed by atoms with Crippen LogP contribution < -0.4 is 0 Å². The van der Waals surface area contributed by atoms with Crippen LogP contribution in [0.4, 0.5) is 0 Å². The maximum atomic E-state index is 11.3. The lowest BCUT2D eigenvalue weighted by Gasteiger charge is -1.91. The van der Waals surface area contributed by atoms with E-state index in [1.807, 2.05) is 24.3 Å². The van der Waals surface area contributed by atoms with Crippen molar-refractivity contribution in [3.05, 3.63) is 34.4 Å². The molecule has 1 aromatic carbocycles. The average molecular weight is 238 g/mol. The molecule has 13 heavy (non-hydrogen) atoms. The number of para-hydroxylation sites is 1. The second-order valence-corrected chi connectivity index (χ2v) is 3.71. The number of H-pyrrole nitrogens is 1. The van der Waals surface area contributed by atoms with E-state index >= 15 is 0 Å². The highest BCUT2D eigenvalue weighted by Crippen LogP contribution is 2.26. The van der Waals surface area contributed by atoms with Gasteiger partial charge in [0.05, 0.1) is 10.2 Å². The molecule has 66 valence electrons. The van der Waals surface area contributed by atoms with Crippen LogP contribution in [-0.2, 0) is 0 Å². The van der Waals surface area contributed by atoms with Crippen LogP contribution in [0, 0.1) is 0 Å². The van der Waals surface area contributed by atoms with Crippen molar-refractivity contribution in [2.45, 2.75) is 6.92 Å². The Balaban J connectivity index is 2.86. The third-order valence-corrected chi connectivity index (χ3v) is 2.61. The fourth-order valence-corrected chi connectivity index (χ4v) is 2.16. The zero-order valence-corrected chi connectivity index (χ0v) is 8.68. The van der Waals surface area contributed by atoms with E-state index in [-0.39, 0.29) is 5.78 Å². The molecule has 0 aliphatic heterocycles. The Morgan fingerprint density at radius 2 is 2.08 bits per heavy atom. The Labute approximate surface area is 84.1 Å². The van der Waals surface area contributed by atoms with Gasteiger partial charge in [0, 0.05) is 10.9 Å². The lowest BCUT2D eigenvalue weighted by atomic mass is 10.1. The van der Waals surface area contributed by atoms with Gasteiger partial charge in [-0.1, -0.05) is 18.2 Å². The maximum absolute atomic E-state index is 11.3. The van der Waals surface area contributed by atoms with Gasteiger partial charge in [-0.2, -0.15) is 0 Å². The van der Waals surface area contributed by atoms with Crippen molar-refractivity contribution in [3.63, 3.8) is 0 Å². The molecule has 2 rings (SSSR count). The molecule has 2 aromatic rings. The highest BCUT2D eigenvalue weighted by atomic mass is 79.9. The summed E-state index contributed by atoms with van der Waals surface area (Å²) in [6.45, 7) is 1.57. The van der Waals surface area contributed by atoms with E-state index in [4.69, 9.17) is 0 Å². The summed E-state index contributed by atoms with van der Waals surface area (Å²) >= 11 is 3.33. The van der Waals surface area contributed by atoms with Crippen LogP contribution in [0.5, 0.6) is 0 Å². The smallest absolute Gasteiger partial charge is 0.163 e. The zero-order valence-electron chi connectivity index (χ0n) is 7.10. The SMILES string of the molecule is CC(=O)c1c(Br)[nH]c2ccccc12. The van der Waals surface area contributed by atoms with Crippen molar-refractivity contribution >= 4 is 32.6 Å². The van der Waals surface area contributed by atoms with Crippen LogP contribution in [0.3, 0.4) is 0 Å². The van der Waals surface area contributed by atoms with Crippen molar-refractivity contribution in [2.24, 2.45) is 0 Å². The van der Waals surface area contributed by atoms with Crippen LogP contribution in [0.15, 0.2) is 28.9 Å². The number of aromatic amines is 1. The minimum absolute atomic E-state index is 0.0734. The van der Waals surface area contributed by atoms with E-state index in [0.29, 0.717) is 0 Å². The molecule has 0 unspecified atom stereocenters. The Morgan fingerprint density at radius 1 is 1.38 bits per heavy atom. The number of nitrogens with one attached hydrogen (secondary N) is 1. The molecule has 2 nitrogen and oxygen atoms in total. The molecule has 1 heterocycles. The number of hydrogen-bond acceptors (Lipinski definition) is 1. The lowest BCUT2D eigenvalue weighted by Crippen LogP contribution is -1.90. The predicted octanol–water partition coefficient (Wildman–Crippen LogP) is 3.13. The van der Waals surface area contributed by atoms with E-state index in [2.05, 4.69) is 20.9 Å². The summed E-state index contributed by atoms with van der Waals surface area (Å²) in [6, 6.07) is 7.75. The van der Waals surface area contributed by atoms with Crippen LogP contribution in [0.1, 0.15) is 17.3 Å². The molecule has 0 saturated heterocycles. The summed E-state index contributed by atoms with van der Waals surface area (Å²) in [5, 5.41) is 0.974. The minimum atomic E-state index is 0.0734. The van der Waals surface area contributed by atoms with Gasteiger partial charge < -0.3 is 4.98 Å².